The number of aryl methyl sites for hydroxylation is 1. The van der Waals surface area contributed by atoms with Crippen LogP contribution in [-0.2, 0) is 6.42 Å². The second-order valence-corrected chi connectivity index (χ2v) is 13.0. The Bertz CT molecular complexity index is 842. The van der Waals surface area contributed by atoms with Crippen LogP contribution < -0.4 is 4.74 Å². The summed E-state index contributed by atoms with van der Waals surface area (Å²) in [5.41, 5.74) is 1.55. The molecule has 36 heavy (non-hydrogen) atoms. The Morgan fingerprint density at radius 1 is 0.667 bits per heavy atom. The molecule has 0 radical (unpaired) electrons. The highest BCUT2D eigenvalue weighted by Crippen LogP contribution is 2.47. The molecular weight excluding hydrogens is 450 g/mol. The third-order valence-electron chi connectivity index (χ3n) is 10.8. The molecule has 3 fully saturated rings. The molecule has 1 atom stereocenters. The molecule has 3 saturated carbocycles. The highest BCUT2D eigenvalue weighted by molar-refractivity contribution is 5.43. The van der Waals surface area contributed by atoms with E-state index in [0.29, 0.717) is 11.5 Å². The van der Waals surface area contributed by atoms with Gasteiger partial charge in [-0.2, -0.15) is 4.39 Å². The van der Waals surface area contributed by atoms with Crippen molar-refractivity contribution in [1.82, 2.24) is 0 Å². The molecule has 202 valence electrons. The maximum absolute atomic E-state index is 15.4. The lowest BCUT2D eigenvalue weighted by molar-refractivity contribution is 0.0708. The van der Waals surface area contributed by atoms with Crippen LogP contribution in [0.5, 0.6) is 5.75 Å². The molecular formula is C33H50F2O. The van der Waals surface area contributed by atoms with Crippen molar-refractivity contribution in [3.63, 3.8) is 0 Å². The van der Waals surface area contributed by atoms with Crippen molar-refractivity contribution in [2.75, 3.05) is 0 Å². The van der Waals surface area contributed by atoms with Crippen LogP contribution >= 0.6 is 0 Å². The van der Waals surface area contributed by atoms with E-state index in [1.165, 1.54) is 89.9 Å². The average Bonchev–Trinajstić information content (AvgIpc) is 2.92. The van der Waals surface area contributed by atoms with E-state index >= 15 is 8.78 Å². The van der Waals surface area contributed by atoms with Gasteiger partial charge in [-0.15, -0.1) is 0 Å². The van der Waals surface area contributed by atoms with Gasteiger partial charge >= 0.3 is 0 Å². The van der Waals surface area contributed by atoms with Gasteiger partial charge in [0.05, 0.1) is 0 Å². The Labute approximate surface area is 219 Å². The van der Waals surface area contributed by atoms with Crippen LogP contribution in [0.1, 0.15) is 140 Å². The van der Waals surface area contributed by atoms with Crippen molar-refractivity contribution in [3.05, 3.63) is 28.8 Å². The second kappa shape index (κ2) is 12.2. The highest BCUT2D eigenvalue weighted by atomic mass is 19.2. The van der Waals surface area contributed by atoms with E-state index < -0.39 is 11.6 Å². The molecule has 3 heteroatoms. The summed E-state index contributed by atoms with van der Waals surface area (Å²) in [5, 5.41) is 0. The topological polar surface area (TPSA) is 9.23 Å². The molecule has 0 saturated heterocycles. The number of hydrogen-bond donors (Lipinski definition) is 0. The van der Waals surface area contributed by atoms with Gasteiger partial charge in [0, 0.05) is 0 Å². The minimum atomic E-state index is -0.705. The van der Waals surface area contributed by atoms with Crippen molar-refractivity contribution in [2.24, 2.45) is 29.6 Å². The van der Waals surface area contributed by atoms with E-state index in [9.17, 15) is 0 Å². The first kappa shape index (κ1) is 26.5. The zero-order valence-electron chi connectivity index (χ0n) is 23.0. The number of benzene rings is 1. The zero-order valence-corrected chi connectivity index (χ0v) is 23.0. The summed E-state index contributed by atoms with van der Waals surface area (Å²) in [6, 6.07) is 1.99. The van der Waals surface area contributed by atoms with Gasteiger partial charge in [-0.1, -0.05) is 65.2 Å². The summed E-state index contributed by atoms with van der Waals surface area (Å²) < 4.78 is 37.0. The molecule has 0 N–H and O–H groups in total. The molecule has 1 aromatic rings. The number of halogens is 2. The minimum absolute atomic E-state index is 0.0580. The molecule has 0 aromatic heterocycles. The molecule has 1 aromatic carbocycles. The smallest absolute Gasteiger partial charge is 0.201 e. The van der Waals surface area contributed by atoms with Crippen molar-refractivity contribution >= 4 is 0 Å². The van der Waals surface area contributed by atoms with E-state index in [0.717, 1.165) is 54.9 Å². The van der Waals surface area contributed by atoms with Crippen LogP contribution in [0.3, 0.4) is 0 Å². The lowest BCUT2D eigenvalue weighted by Gasteiger charge is -2.39. The van der Waals surface area contributed by atoms with Gasteiger partial charge in [0.25, 0.3) is 0 Å². The average molecular weight is 501 g/mol. The van der Waals surface area contributed by atoms with Gasteiger partial charge in [0.15, 0.2) is 11.6 Å². The third-order valence-corrected chi connectivity index (χ3v) is 10.8. The first-order chi connectivity index (χ1) is 17.6. The molecule has 3 aliphatic carbocycles. The molecule has 0 amide bonds. The van der Waals surface area contributed by atoms with E-state index in [-0.39, 0.29) is 17.8 Å². The van der Waals surface area contributed by atoms with Crippen LogP contribution in [0.25, 0.3) is 0 Å². The van der Waals surface area contributed by atoms with Crippen LogP contribution in [0.15, 0.2) is 6.07 Å². The monoisotopic (exact) mass is 500 g/mol. The van der Waals surface area contributed by atoms with Gasteiger partial charge in [0.1, 0.15) is 6.10 Å². The molecule has 1 aliphatic heterocycles. The first-order valence-electron chi connectivity index (χ1n) is 15.7. The number of fused-ring (bicyclic) bond motifs is 1. The normalized spacial score (nSPS) is 35.2. The Morgan fingerprint density at radius 2 is 1.19 bits per heavy atom. The SMILES string of the molecule is CCCC1CCC(C2CCC(c3cc4c(c(F)c3F)OC(C3CCC(CCC)CC3)CC4)CC2)CC1. The van der Waals surface area contributed by atoms with Crippen LogP contribution in [0.4, 0.5) is 8.78 Å². The predicted molar refractivity (Wildman–Crippen MR) is 145 cm³/mol. The predicted octanol–water partition coefficient (Wildman–Crippen LogP) is 10.1. The van der Waals surface area contributed by atoms with E-state index in [2.05, 4.69) is 13.8 Å². The van der Waals surface area contributed by atoms with Gasteiger partial charge in [0.2, 0.25) is 5.82 Å². The maximum atomic E-state index is 15.4. The summed E-state index contributed by atoms with van der Waals surface area (Å²) in [6.45, 7) is 4.57. The fourth-order valence-electron chi connectivity index (χ4n) is 8.65. The van der Waals surface area contributed by atoms with E-state index in [4.69, 9.17) is 4.74 Å². The Kier molecular flexibility index (Phi) is 8.95. The summed E-state index contributed by atoms with van der Waals surface area (Å²) in [5.74, 6) is 3.05. The largest absolute Gasteiger partial charge is 0.487 e. The van der Waals surface area contributed by atoms with Crippen LogP contribution in [-0.4, -0.2) is 6.10 Å². The fraction of sp³-hybridized carbons (Fsp3) is 0.818. The van der Waals surface area contributed by atoms with Gasteiger partial charge in [-0.3, -0.25) is 0 Å². The van der Waals surface area contributed by atoms with Crippen LogP contribution in [0, 0.1) is 41.2 Å². The molecule has 4 aliphatic rings. The van der Waals surface area contributed by atoms with Crippen molar-refractivity contribution < 1.29 is 13.5 Å². The quantitative estimate of drug-likeness (QED) is 0.362. The summed E-state index contributed by atoms with van der Waals surface area (Å²) >= 11 is 0. The lowest BCUT2D eigenvalue weighted by Crippen LogP contribution is -2.34. The summed E-state index contributed by atoms with van der Waals surface area (Å²) in [6.07, 6.45) is 22.0. The fourth-order valence-corrected chi connectivity index (χ4v) is 8.65. The molecule has 0 spiro atoms. The number of ether oxygens (including phenoxy) is 1. The maximum Gasteiger partial charge on any atom is 0.201 e. The van der Waals surface area contributed by atoms with Crippen molar-refractivity contribution in [1.29, 1.82) is 0 Å². The van der Waals surface area contributed by atoms with Gasteiger partial charge < -0.3 is 4.74 Å². The molecule has 5 rings (SSSR count). The first-order valence-corrected chi connectivity index (χ1v) is 15.7. The van der Waals surface area contributed by atoms with Gasteiger partial charge in [-0.25, -0.2) is 4.39 Å². The Morgan fingerprint density at radius 3 is 1.75 bits per heavy atom. The van der Waals surface area contributed by atoms with Gasteiger partial charge in [-0.05, 0) is 117 Å². The molecule has 1 unspecified atom stereocenters. The molecule has 1 nitrogen and oxygen atoms in total. The van der Waals surface area contributed by atoms with Crippen molar-refractivity contribution in [3.8, 4) is 5.75 Å². The number of rotatable bonds is 7. The Balaban J connectivity index is 1.18. The third kappa shape index (κ3) is 5.80. The number of hydrogen-bond acceptors (Lipinski definition) is 1. The standard InChI is InChI=1S/C33H50F2O/c1-3-5-22-7-11-24(12-8-22)25-15-17-26(18-16-25)29-21-28-19-20-30(36-33(28)32(35)31(29)34)27-13-9-23(6-4-2)10-14-27/h21-27,30H,3-20H2,1-2H3. The van der Waals surface area contributed by atoms with Crippen molar-refractivity contribution in [2.45, 2.75) is 141 Å². The summed E-state index contributed by atoms with van der Waals surface area (Å²) in [4.78, 5) is 0. The summed E-state index contributed by atoms with van der Waals surface area (Å²) in [7, 11) is 0. The molecule has 0 bridgehead atoms. The second-order valence-electron chi connectivity index (χ2n) is 13.0. The zero-order chi connectivity index (χ0) is 25.1. The molecule has 1 heterocycles. The van der Waals surface area contributed by atoms with E-state index in [1.807, 2.05) is 6.07 Å². The lowest BCUT2D eigenvalue weighted by atomic mass is 9.68. The van der Waals surface area contributed by atoms with Crippen LogP contribution in [0.2, 0.25) is 0 Å². The minimum Gasteiger partial charge on any atom is -0.487 e. The highest BCUT2D eigenvalue weighted by Gasteiger charge is 2.36. The van der Waals surface area contributed by atoms with E-state index in [1.54, 1.807) is 0 Å². The Hall–Kier alpha value is -1.12.